The number of hydrogen-bond donors (Lipinski definition) is 1. The van der Waals surface area contributed by atoms with Crippen LogP contribution in [0.15, 0.2) is 54.7 Å². The predicted octanol–water partition coefficient (Wildman–Crippen LogP) is 4.65. The summed E-state index contributed by atoms with van der Waals surface area (Å²) in [5.41, 5.74) is 4.94. The second-order valence-electron chi connectivity index (χ2n) is 4.54. The average Bonchev–Trinajstić information content (AvgIpc) is 2.80. The normalized spacial score (nSPS) is 11.4. The van der Waals surface area contributed by atoms with E-state index in [-0.39, 0.29) is 0 Å². The second kappa shape index (κ2) is 4.53. The third-order valence-electron chi connectivity index (χ3n) is 3.12. The monoisotopic (exact) mass is 233 g/mol. The number of benzene rings is 2. The van der Waals surface area contributed by atoms with Gasteiger partial charge in [-0.1, -0.05) is 60.2 Å². The summed E-state index contributed by atoms with van der Waals surface area (Å²) in [5, 5.41) is 1.27. The number of aryl methyl sites for hydroxylation is 1. The van der Waals surface area contributed by atoms with Crippen molar-refractivity contribution in [2.24, 2.45) is 0 Å². The minimum Gasteiger partial charge on any atom is -0.361 e. The lowest BCUT2D eigenvalue weighted by atomic mass is 10.1. The van der Waals surface area contributed by atoms with E-state index in [0.717, 1.165) is 0 Å². The molecule has 2 aromatic carbocycles. The maximum absolute atomic E-state index is 3.28. The van der Waals surface area contributed by atoms with Crippen molar-refractivity contribution in [2.45, 2.75) is 6.92 Å². The summed E-state index contributed by atoms with van der Waals surface area (Å²) in [7, 11) is 0. The first-order valence-electron chi connectivity index (χ1n) is 6.14. The zero-order chi connectivity index (χ0) is 12.4. The Labute approximate surface area is 107 Å². The molecule has 1 aromatic heterocycles. The smallest absolute Gasteiger partial charge is 0.0460 e. The van der Waals surface area contributed by atoms with E-state index in [1.165, 1.54) is 27.6 Å². The first kappa shape index (κ1) is 10.8. The van der Waals surface area contributed by atoms with Gasteiger partial charge >= 0.3 is 0 Å². The molecule has 3 aromatic rings. The lowest BCUT2D eigenvalue weighted by molar-refractivity contribution is 1.46. The van der Waals surface area contributed by atoms with Crippen molar-refractivity contribution < 1.29 is 0 Å². The molecule has 0 fully saturated rings. The van der Waals surface area contributed by atoms with E-state index in [2.05, 4.69) is 72.7 Å². The minimum absolute atomic E-state index is 1.18. The topological polar surface area (TPSA) is 15.8 Å². The Kier molecular flexibility index (Phi) is 2.73. The van der Waals surface area contributed by atoms with Crippen LogP contribution in [0.25, 0.3) is 23.1 Å². The van der Waals surface area contributed by atoms with Crippen LogP contribution in [0, 0.1) is 6.92 Å². The summed E-state index contributed by atoms with van der Waals surface area (Å²) in [4.78, 5) is 3.28. The van der Waals surface area contributed by atoms with Gasteiger partial charge in [0.05, 0.1) is 0 Å². The first-order valence-corrected chi connectivity index (χ1v) is 6.14. The third-order valence-corrected chi connectivity index (χ3v) is 3.12. The predicted molar refractivity (Wildman–Crippen MR) is 78.4 cm³/mol. The van der Waals surface area contributed by atoms with Gasteiger partial charge < -0.3 is 4.98 Å². The van der Waals surface area contributed by atoms with Crippen molar-refractivity contribution in [2.75, 3.05) is 0 Å². The Bertz CT molecular complexity index is 704. The number of aromatic nitrogens is 1. The van der Waals surface area contributed by atoms with Crippen LogP contribution in [0.3, 0.4) is 0 Å². The standard InChI is InChI=1S/C17H15N/c1-13-5-4-6-14(11-13)9-10-15-12-18-17-8-3-2-7-16(15)17/h2-12,18H,1H3. The molecule has 0 unspecified atom stereocenters. The first-order chi connectivity index (χ1) is 8.83. The zero-order valence-corrected chi connectivity index (χ0v) is 10.4. The van der Waals surface area contributed by atoms with E-state index in [9.17, 15) is 0 Å². The SMILES string of the molecule is Cc1cccc(C=Cc2c[nH]c3ccccc23)c1. The highest BCUT2D eigenvalue weighted by Gasteiger charge is 1.98. The van der Waals surface area contributed by atoms with Crippen LogP contribution in [0.2, 0.25) is 0 Å². The van der Waals surface area contributed by atoms with Gasteiger partial charge in [-0.15, -0.1) is 0 Å². The highest BCUT2D eigenvalue weighted by molar-refractivity contribution is 5.91. The molecule has 1 heterocycles. The molecule has 0 bridgehead atoms. The van der Waals surface area contributed by atoms with Gasteiger partial charge in [-0.25, -0.2) is 0 Å². The Morgan fingerprint density at radius 2 is 1.83 bits per heavy atom. The van der Waals surface area contributed by atoms with Gasteiger partial charge in [0.1, 0.15) is 0 Å². The summed E-state index contributed by atoms with van der Waals surface area (Å²) in [6, 6.07) is 16.9. The van der Waals surface area contributed by atoms with Crippen LogP contribution in [0.1, 0.15) is 16.7 Å². The molecule has 0 radical (unpaired) electrons. The van der Waals surface area contributed by atoms with E-state index in [4.69, 9.17) is 0 Å². The second-order valence-corrected chi connectivity index (χ2v) is 4.54. The lowest BCUT2D eigenvalue weighted by Crippen LogP contribution is -1.74. The molecule has 0 amide bonds. The maximum atomic E-state index is 3.28. The molecule has 0 atom stereocenters. The molecular weight excluding hydrogens is 218 g/mol. The fourth-order valence-corrected chi connectivity index (χ4v) is 2.19. The summed E-state index contributed by atoms with van der Waals surface area (Å²) in [6.45, 7) is 2.11. The van der Waals surface area contributed by atoms with Crippen LogP contribution in [-0.4, -0.2) is 4.98 Å². The highest BCUT2D eigenvalue weighted by Crippen LogP contribution is 2.20. The molecule has 1 N–H and O–H groups in total. The van der Waals surface area contributed by atoms with Crippen LogP contribution < -0.4 is 0 Å². The van der Waals surface area contributed by atoms with Crippen molar-refractivity contribution in [3.63, 3.8) is 0 Å². The molecule has 3 rings (SSSR count). The summed E-state index contributed by atoms with van der Waals surface area (Å²) in [5.74, 6) is 0. The summed E-state index contributed by atoms with van der Waals surface area (Å²) in [6.07, 6.45) is 6.37. The molecule has 0 aliphatic carbocycles. The molecule has 0 aliphatic heterocycles. The molecule has 88 valence electrons. The van der Waals surface area contributed by atoms with Gasteiger partial charge in [-0.2, -0.15) is 0 Å². The van der Waals surface area contributed by atoms with E-state index in [1.54, 1.807) is 0 Å². The Morgan fingerprint density at radius 1 is 0.944 bits per heavy atom. The van der Waals surface area contributed by atoms with Crippen LogP contribution in [0.5, 0.6) is 0 Å². The summed E-state index contributed by atoms with van der Waals surface area (Å²) >= 11 is 0. The van der Waals surface area contributed by atoms with Crippen molar-refractivity contribution in [3.8, 4) is 0 Å². The van der Waals surface area contributed by atoms with E-state index in [0.29, 0.717) is 0 Å². The Morgan fingerprint density at radius 3 is 2.72 bits per heavy atom. The van der Waals surface area contributed by atoms with Crippen LogP contribution >= 0.6 is 0 Å². The number of H-pyrrole nitrogens is 1. The number of fused-ring (bicyclic) bond motifs is 1. The molecule has 0 aliphatic rings. The van der Waals surface area contributed by atoms with E-state index < -0.39 is 0 Å². The number of hydrogen-bond acceptors (Lipinski definition) is 0. The van der Waals surface area contributed by atoms with Crippen LogP contribution in [-0.2, 0) is 0 Å². The lowest BCUT2D eigenvalue weighted by Gasteiger charge is -1.95. The van der Waals surface area contributed by atoms with Crippen molar-refractivity contribution >= 4 is 23.1 Å². The van der Waals surface area contributed by atoms with Gasteiger partial charge in [0.15, 0.2) is 0 Å². The van der Waals surface area contributed by atoms with Gasteiger partial charge in [-0.05, 0) is 24.1 Å². The van der Waals surface area contributed by atoms with Crippen LogP contribution in [0.4, 0.5) is 0 Å². The molecule has 0 saturated carbocycles. The highest BCUT2D eigenvalue weighted by atomic mass is 14.7. The fraction of sp³-hybridized carbons (Fsp3) is 0.0588. The third kappa shape index (κ3) is 2.07. The molecular formula is C17H15N. The number of aromatic amines is 1. The number of nitrogens with one attached hydrogen (secondary N) is 1. The minimum atomic E-state index is 1.18. The van der Waals surface area contributed by atoms with Crippen molar-refractivity contribution in [3.05, 3.63) is 71.4 Å². The molecule has 0 spiro atoms. The average molecular weight is 233 g/mol. The Hall–Kier alpha value is -2.28. The number of rotatable bonds is 2. The van der Waals surface area contributed by atoms with Gasteiger partial charge in [-0.3, -0.25) is 0 Å². The summed E-state index contributed by atoms with van der Waals surface area (Å²) < 4.78 is 0. The molecule has 1 nitrogen and oxygen atoms in total. The molecule has 1 heteroatoms. The molecule has 18 heavy (non-hydrogen) atoms. The van der Waals surface area contributed by atoms with Crippen molar-refractivity contribution in [1.29, 1.82) is 0 Å². The van der Waals surface area contributed by atoms with Gasteiger partial charge in [0.25, 0.3) is 0 Å². The van der Waals surface area contributed by atoms with E-state index >= 15 is 0 Å². The van der Waals surface area contributed by atoms with Gasteiger partial charge in [0.2, 0.25) is 0 Å². The van der Waals surface area contributed by atoms with Crippen molar-refractivity contribution in [1.82, 2.24) is 4.98 Å². The Balaban J connectivity index is 1.97. The quantitative estimate of drug-likeness (QED) is 0.663. The fourth-order valence-electron chi connectivity index (χ4n) is 2.19. The molecule has 0 saturated heterocycles. The largest absolute Gasteiger partial charge is 0.361 e. The zero-order valence-electron chi connectivity index (χ0n) is 10.4. The number of para-hydroxylation sites is 1. The maximum Gasteiger partial charge on any atom is 0.0460 e. The van der Waals surface area contributed by atoms with E-state index in [1.807, 2.05) is 6.07 Å². The van der Waals surface area contributed by atoms with Gasteiger partial charge in [0, 0.05) is 17.1 Å².